The first kappa shape index (κ1) is 13.4. The van der Waals surface area contributed by atoms with E-state index in [0.717, 1.165) is 31.6 Å². The van der Waals surface area contributed by atoms with Crippen molar-refractivity contribution in [1.82, 2.24) is 9.88 Å². The molecule has 20 heavy (non-hydrogen) atoms. The minimum atomic E-state index is 0.0692. The summed E-state index contributed by atoms with van der Waals surface area (Å²) in [6, 6.07) is 3.72. The standard InChI is InChI=1S/C15H21N3O2/c1-2-7-16-14-6-3-11(8-17-14)15(19)18-9-12-4-5-13(10-18)20-12/h3,6,8,12-13H,2,4-5,7,9-10H2,1H3,(H,16,17). The minimum Gasteiger partial charge on any atom is -0.371 e. The number of aromatic nitrogens is 1. The maximum Gasteiger partial charge on any atom is 0.255 e. The molecule has 1 amide bonds. The Hall–Kier alpha value is -1.62. The van der Waals surface area contributed by atoms with Crippen molar-refractivity contribution in [2.75, 3.05) is 25.0 Å². The number of pyridine rings is 1. The Labute approximate surface area is 119 Å². The largest absolute Gasteiger partial charge is 0.371 e. The molecule has 2 atom stereocenters. The number of amides is 1. The first-order valence-electron chi connectivity index (χ1n) is 7.41. The molecule has 1 aromatic heterocycles. The summed E-state index contributed by atoms with van der Waals surface area (Å²) in [4.78, 5) is 18.7. The molecule has 2 aliphatic rings. The lowest BCUT2D eigenvalue weighted by molar-refractivity contribution is -0.0303. The summed E-state index contributed by atoms with van der Waals surface area (Å²) in [6.07, 6.45) is 5.34. The van der Waals surface area contributed by atoms with Crippen LogP contribution in [0.15, 0.2) is 18.3 Å². The summed E-state index contributed by atoms with van der Waals surface area (Å²) in [7, 11) is 0. The molecule has 3 rings (SSSR count). The second kappa shape index (κ2) is 5.79. The predicted octanol–water partition coefficient (Wildman–Crippen LogP) is 1.91. The number of hydrogen-bond donors (Lipinski definition) is 1. The zero-order valence-electron chi connectivity index (χ0n) is 11.8. The number of hydrogen-bond acceptors (Lipinski definition) is 4. The molecule has 108 valence electrons. The van der Waals surface area contributed by atoms with Crippen LogP contribution in [-0.2, 0) is 4.74 Å². The second-order valence-electron chi connectivity index (χ2n) is 5.53. The number of carbonyl (C=O) groups excluding carboxylic acids is 1. The zero-order chi connectivity index (χ0) is 13.9. The average molecular weight is 275 g/mol. The van der Waals surface area contributed by atoms with Gasteiger partial charge in [0.25, 0.3) is 5.91 Å². The maximum absolute atomic E-state index is 12.5. The number of morpholine rings is 1. The van der Waals surface area contributed by atoms with Crippen molar-refractivity contribution in [2.45, 2.75) is 38.4 Å². The third-order valence-corrected chi connectivity index (χ3v) is 3.90. The van der Waals surface area contributed by atoms with Crippen LogP contribution in [0.3, 0.4) is 0 Å². The molecule has 5 nitrogen and oxygen atoms in total. The van der Waals surface area contributed by atoms with E-state index in [1.54, 1.807) is 6.20 Å². The summed E-state index contributed by atoms with van der Waals surface area (Å²) in [6.45, 7) is 4.43. The van der Waals surface area contributed by atoms with Crippen LogP contribution < -0.4 is 5.32 Å². The number of nitrogens with one attached hydrogen (secondary N) is 1. The molecule has 0 spiro atoms. The Bertz CT molecular complexity index is 463. The molecule has 1 N–H and O–H groups in total. The fourth-order valence-corrected chi connectivity index (χ4v) is 2.84. The van der Waals surface area contributed by atoms with Gasteiger partial charge in [0.05, 0.1) is 17.8 Å². The van der Waals surface area contributed by atoms with Crippen LogP contribution in [0.4, 0.5) is 5.82 Å². The summed E-state index contributed by atoms with van der Waals surface area (Å²) in [5, 5.41) is 3.21. The number of carbonyl (C=O) groups is 1. The van der Waals surface area contributed by atoms with Gasteiger partial charge in [-0.25, -0.2) is 4.98 Å². The highest BCUT2D eigenvalue weighted by Crippen LogP contribution is 2.27. The van der Waals surface area contributed by atoms with Crippen LogP contribution in [0.25, 0.3) is 0 Å². The fraction of sp³-hybridized carbons (Fsp3) is 0.600. The first-order chi connectivity index (χ1) is 9.76. The molecular formula is C15H21N3O2. The van der Waals surface area contributed by atoms with Crippen molar-refractivity contribution in [2.24, 2.45) is 0 Å². The number of anilines is 1. The van der Waals surface area contributed by atoms with Crippen molar-refractivity contribution in [3.05, 3.63) is 23.9 Å². The van der Waals surface area contributed by atoms with Gasteiger partial charge in [0.15, 0.2) is 0 Å². The smallest absolute Gasteiger partial charge is 0.255 e. The van der Waals surface area contributed by atoms with E-state index in [9.17, 15) is 4.79 Å². The van der Waals surface area contributed by atoms with E-state index in [1.165, 1.54) is 0 Å². The highest BCUT2D eigenvalue weighted by Gasteiger charge is 2.35. The quantitative estimate of drug-likeness (QED) is 0.912. The molecule has 2 saturated heterocycles. The van der Waals surface area contributed by atoms with Crippen molar-refractivity contribution >= 4 is 11.7 Å². The average Bonchev–Trinajstić information content (AvgIpc) is 2.83. The molecule has 2 bridgehead atoms. The van der Waals surface area contributed by atoms with Gasteiger partial charge in [0.2, 0.25) is 0 Å². The van der Waals surface area contributed by atoms with Crippen LogP contribution in [0.5, 0.6) is 0 Å². The van der Waals surface area contributed by atoms with Gasteiger partial charge in [-0.15, -0.1) is 0 Å². The van der Waals surface area contributed by atoms with Gasteiger partial charge in [-0.05, 0) is 31.4 Å². The molecule has 0 saturated carbocycles. The van der Waals surface area contributed by atoms with Gasteiger partial charge >= 0.3 is 0 Å². The van der Waals surface area contributed by atoms with Gasteiger partial charge in [-0.3, -0.25) is 4.79 Å². The van der Waals surface area contributed by atoms with Gasteiger partial charge in [-0.2, -0.15) is 0 Å². The van der Waals surface area contributed by atoms with Crippen LogP contribution in [0, 0.1) is 0 Å². The molecular weight excluding hydrogens is 254 g/mol. The lowest BCUT2D eigenvalue weighted by Gasteiger charge is -2.32. The number of rotatable bonds is 4. The maximum atomic E-state index is 12.5. The third-order valence-electron chi connectivity index (χ3n) is 3.90. The number of likely N-dealkylation sites (tertiary alicyclic amines) is 1. The molecule has 5 heteroatoms. The van der Waals surface area contributed by atoms with Gasteiger partial charge in [0, 0.05) is 25.8 Å². The van der Waals surface area contributed by atoms with Crippen LogP contribution in [0.1, 0.15) is 36.5 Å². The molecule has 0 aromatic carbocycles. The van der Waals surface area contributed by atoms with Crippen LogP contribution in [0.2, 0.25) is 0 Å². The lowest BCUT2D eigenvalue weighted by atomic mass is 10.2. The summed E-state index contributed by atoms with van der Waals surface area (Å²) < 4.78 is 5.76. The van der Waals surface area contributed by atoms with Crippen molar-refractivity contribution in [1.29, 1.82) is 0 Å². The Morgan fingerprint density at radius 2 is 2.15 bits per heavy atom. The SMILES string of the molecule is CCCNc1ccc(C(=O)N2CC3CCC(C2)O3)cn1. The highest BCUT2D eigenvalue weighted by atomic mass is 16.5. The van der Waals surface area contributed by atoms with Crippen LogP contribution in [-0.4, -0.2) is 47.6 Å². The molecule has 0 aliphatic carbocycles. The molecule has 3 heterocycles. The highest BCUT2D eigenvalue weighted by molar-refractivity contribution is 5.94. The van der Waals surface area contributed by atoms with Gasteiger partial charge in [0.1, 0.15) is 5.82 Å². The zero-order valence-corrected chi connectivity index (χ0v) is 11.8. The Morgan fingerprint density at radius 1 is 1.40 bits per heavy atom. The van der Waals surface area contributed by atoms with Crippen molar-refractivity contribution < 1.29 is 9.53 Å². The number of fused-ring (bicyclic) bond motifs is 2. The van der Waals surface area contributed by atoms with Gasteiger partial charge in [-0.1, -0.05) is 6.92 Å². The molecule has 2 aliphatic heterocycles. The van der Waals surface area contributed by atoms with Gasteiger partial charge < -0.3 is 15.0 Å². The summed E-state index contributed by atoms with van der Waals surface area (Å²) >= 11 is 0. The van der Waals surface area contributed by atoms with E-state index in [1.807, 2.05) is 17.0 Å². The molecule has 0 radical (unpaired) electrons. The lowest BCUT2D eigenvalue weighted by Crippen LogP contribution is -2.45. The topological polar surface area (TPSA) is 54.5 Å². The monoisotopic (exact) mass is 275 g/mol. The van der Waals surface area contributed by atoms with Crippen LogP contribution >= 0.6 is 0 Å². The molecule has 2 fully saturated rings. The van der Waals surface area contributed by atoms with E-state index in [-0.39, 0.29) is 18.1 Å². The minimum absolute atomic E-state index is 0.0692. The second-order valence-corrected chi connectivity index (χ2v) is 5.53. The Morgan fingerprint density at radius 3 is 2.75 bits per heavy atom. The van der Waals surface area contributed by atoms with E-state index in [0.29, 0.717) is 18.7 Å². The van der Waals surface area contributed by atoms with Crippen molar-refractivity contribution in [3.63, 3.8) is 0 Å². The third kappa shape index (κ3) is 2.77. The van der Waals surface area contributed by atoms with E-state index >= 15 is 0 Å². The Balaban J connectivity index is 1.64. The first-order valence-corrected chi connectivity index (χ1v) is 7.41. The molecule has 1 aromatic rings. The van der Waals surface area contributed by atoms with E-state index in [4.69, 9.17) is 4.74 Å². The number of nitrogens with zero attached hydrogens (tertiary/aromatic N) is 2. The normalized spacial score (nSPS) is 24.8. The summed E-state index contributed by atoms with van der Waals surface area (Å²) in [5.74, 6) is 0.894. The molecule has 2 unspecified atom stereocenters. The van der Waals surface area contributed by atoms with E-state index < -0.39 is 0 Å². The predicted molar refractivity (Wildman–Crippen MR) is 76.8 cm³/mol. The summed E-state index contributed by atoms with van der Waals surface area (Å²) in [5.41, 5.74) is 0.661. The fourth-order valence-electron chi connectivity index (χ4n) is 2.84. The van der Waals surface area contributed by atoms with Crippen molar-refractivity contribution in [3.8, 4) is 0 Å². The van der Waals surface area contributed by atoms with E-state index in [2.05, 4.69) is 17.2 Å². The Kier molecular flexibility index (Phi) is 3.87. The number of ether oxygens (including phenoxy) is 1.